The summed E-state index contributed by atoms with van der Waals surface area (Å²) in [6, 6.07) is 1.69. The van der Waals surface area contributed by atoms with Gasteiger partial charge in [0, 0.05) is 14.1 Å². The van der Waals surface area contributed by atoms with Crippen LogP contribution in [-0.2, 0) is 7.05 Å². The van der Waals surface area contributed by atoms with Crippen LogP contribution in [0.25, 0.3) is 0 Å². The van der Waals surface area contributed by atoms with Gasteiger partial charge >= 0.3 is 5.97 Å². The number of carbonyl (C=O) groups is 1. The van der Waals surface area contributed by atoms with Crippen LogP contribution in [0.15, 0.2) is 6.07 Å². The van der Waals surface area contributed by atoms with Gasteiger partial charge in [0.15, 0.2) is 0 Å². The third-order valence-corrected chi connectivity index (χ3v) is 4.14. The summed E-state index contributed by atoms with van der Waals surface area (Å²) in [6.45, 7) is 0.850. The monoisotopic (exact) mass is 250 g/mol. The van der Waals surface area contributed by atoms with Crippen LogP contribution in [0, 0.1) is 0 Å². The van der Waals surface area contributed by atoms with Crippen LogP contribution >= 0.6 is 0 Å². The Labute approximate surface area is 106 Å². The number of hydrogen-bond acceptors (Lipinski definition) is 3. The molecule has 0 unspecified atom stereocenters. The van der Waals surface area contributed by atoms with Gasteiger partial charge in [0.2, 0.25) is 5.88 Å². The quantitative estimate of drug-likeness (QED) is 0.826. The first-order valence-electron chi connectivity index (χ1n) is 6.36. The fourth-order valence-corrected chi connectivity index (χ4v) is 3.20. The van der Waals surface area contributed by atoms with Crippen molar-refractivity contribution < 1.29 is 14.6 Å². The molecule has 1 N–H and O–H groups in total. The van der Waals surface area contributed by atoms with Crippen LogP contribution in [0.4, 0.5) is 5.69 Å². The van der Waals surface area contributed by atoms with Gasteiger partial charge < -0.3 is 19.3 Å². The molecule has 5 nitrogen and oxygen atoms in total. The lowest BCUT2D eigenvalue weighted by Crippen LogP contribution is -2.48. The Bertz CT molecular complexity index is 501. The Morgan fingerprint density at radius 3 is 2.67 bits per heavy atom. The van der Waals surface area contributed by atoms with Gasteiger partial charge in [-0.2, -0.15) is 0 Å². The van der Waals surface area contributed by atoms with Gasteiger partial charge in [-0.3, -0.25) is 0 Å². The molecule has 5 heteroatoms. The summed E-state index contributed by atoms with van der Waals surface area (Å²) in [5.41, 5.74) is 1.05. The molecule has 1 spiro atoms. The highest BCUT2D eigenvalue weighted by molar-refractivity contribution is 5.89. The predicted octanol–water partition coefficient (Wildman–Crippen LogP) is 1.86. The summed E-state index contributed by atoms with van der Waals surface area (Å²) in [6.07, 6.45) is 4.51. The molecule has 0 bridgehead atoms. The molecule has 1 saturated carbocycles. The van der Waals surface area contributed by atoms with Gasteiger partial charge in [-0.15, -0.1) is 0 Å². The van der Waals surface area contributed by atoms with E-state index in [1.165, 1.54) is 12.8 Å². The number of likely N-dealkylation sites (N-methyl/N-ethyl adjacent to an activating group) is 1. The van der Waals surface area contributed by atoms with E-state index in [9.17, 15) is 4.79 Å². The smallest absolute Gasteiger partial charge is 0.352 e. The van der Waals surface area contributed by atoms with Crippen molar-refractivity contribution in [3.63, 3.8) is 0 Å². The number of aromatic nitrogens is 1. The zero-order valence-corrected chi connectivity index (χ0v) is 10.8. The molecular weight excluding hydrogens is 232 g/mol. The fraction of sp³-hybridized carbons (Fsp3) is 0.615. The van der Waals surface area contributed by atoms with E-state index in [4.69, 9.17) is 9.84 Å². The lowest BCUT2D eigenvalue weighted by atomic mass is 10.00. The van der Waals surface area contributed by atoms with Gasteiger partial charge in [0.05, 0.1) is 6.54 Å². The highest BCUT2D eigenvalue weighted by Gasteiger charge is 2.43. The van der Waals surface area contributed by atoms with Crippen LogP contribution in [0.3, 0.4) is 0 Å². The first-order chi connectivity index (χ1) is 8.52. The van der Waals surface area contributed by atoms with E-state index in [1.54, 1.807) is 17.7 Å². The number of hydrogen-bond donors (Lipinski definition) is 1. The van der Waals surface area contributed by atoms with Crippen LogP contribution in [0.2, 0.25) is 0 Å². The third kappa shape index (κ3) is 1.50. The maximum Gasteiger partial charge on any atom is 0.352 e. The molecule has 3 rings (SSSR count). The lowest BCUT2D eigenvalue weighted by molar-refractivity contribution is 0.0614. The molecule has 0 radical (unpaired) electrons. The largest absolute Gasteiger partial charge is 0.477 e. The Balaban J connectivity index is 2.05. The van der Waals surface area contributed by atoms with Crippen molar-refractivity contribution in [3.8, 4) is 5.88 Å². The molecule has 0 saturated heterocycles. The fourth-order valence-electron chi connectivity index (χ4n) is 3.20. The molecule has 0 atom stereocenters. The summed E-state index contributed by atoms with van der Waals surface area (Å²) in [4.78, 5) is 13.3. The zero-order chi connectivity index (χ0) is 12.9. The van der Waals surface area contributed by atoms with E-state index in [0.717, 1.165) is 25.1 Å². The molecule has 98 valence electrons. The van der Waals surface area contributed by atoms with Gasteiger partial charge in [0.25, 0.3) is 0 Å². The summed E-state index contributed by atoms with van der Waals surface area (Å²) in [5, 5.41) is 9.16. The highest BCUT2D eigenvalue weighted by Crippen LogP contribution is 2.44. The number of carboxylic acid groups (broad SMARTS) is 1. The second kappa shape index (κ2) is 3.67. The van der Waals surface area contributed by atoms with Gasteiger partial charge in [0.1, 0.15) is 17.0 Å². The Morgan fingerprint density at radius 1 is 1.39 bits per heavy atom. The van der Waals surface area contributed by atoms with Gasteiger partial charge in [-0.1, -0.05) is 0 Å². The predicted molar refractivity (Wildman–Crippen MR) is 67.5 cm³/mol. The standard InChI is InChI=1S/C13H18N2O3/c1-14-8-13(5-3-4-6-13)18-11-9(14)7-10(12(16)17)15(11)2/h7H,3-6,8H2,1-2H3,(H,16,17). The molecule has 1 aromatic rings. The number of aromatic carboxylic acids is 1. The maximum absolute atomic E-state index is 11.2. The van der Waals surface area contributed by atoms with Gasteiger partial charge in [-0.05, 0) is 31.7 Å². The highest BCUT2D eigenvalue weighted by atomic mass is 16.5. The van der Waals surface area contributed by atoms with Gasteiger partial charge in [-0.25, -0.2) is 4.79 Å². The summed E-state index contributed by atoms with van der Waals surface area (Å²) in [5.74, 6) is -0.215. The van der Waals surface area contributed by atoms with Crippen molar-refractivity contribution in [2.45, 2.75) is 31.3 Å². The molecule has 1 fully saturated rings. The molecule has 1 aromatic heterocycles. The van der Waals surface area contributed by atoms with Crippen LogP contribution in [0.1, 0.15) is 36.2 Å². The molecule has 2 aliphatic rings. The maximum atomic E-state index is 11.2. The Kier molecular flexibility index (Phi) is 2.33. The lowest BCUT2D eigenvalue weighted by Gasteiger charge is -2.40. The topological polar surface area (TPSA) is 54.7 Å². The molecule has 1 aliphatic carbocycles. The van der Waals surface area contributed by atoms with E-state index in [-0.39, 0.29) is 11.3 Å². The normalized spacial score (nSPS) is 20.9. The van der Waals surface area contributed by atoms with Crippen molar-refractivity contribution in [1.82, 2.24) is 4.57 Å². The molecular formula is C13H18N2O3. The van der Waals surface area contributed by atoms with Crippen molar-refractivity contribution in [2.24, 2.45) is 7.05 Å². The second-order valence-electron chi connectivity index (χ2n) is 5.43. The van der Waals surface area contributed by atoms with Crippen molar-refractivity contribution in [3.05, 3.63) is 11.8 Å². The van der Waals surface area contributed by atoms with Crippen LogP contribution < -0.4 is 9.64 Å². The van der Waals surface area contributed by atoms with E-state index < -0.39 is 5.97 Å². The summed E-state index contributed by atoms with van der Waals surface area (Å²) >= 11 is 0. The molecule has 1 aliphatic heterocycles. The summed E-state index contributed by atoms with van der Waals surface area (Å²) in [7, 11) is 3.76. The average molecular weight is 250 g/mol. The number of ether oxygens (including phenoxy) is 1. The number of rotatable bonds is 1. The van der Waals surface area contributed by atoms with Crippen LogP contribution in [0.5, 0.6) is 5.88 Å². The minimum absolute atomic E-state index is 0.108. The van der Waals surface area contributed by atoms with Crippen LogP contribution in [-0.4, -0.2) is 34.8 Å². The van der Waals surface area contributed by atoms with E-state index >= 15 is 0 Å². The average Bonchev–Trinajstić information content (AvgIpc) is 2.86. The first-order valence-corrected chi connectivity index (χ1v) is 6.36. The third-order valence-electron chi connectivity index (χ3n) is 4.14. The minimum Gasteiger partial charge on any atom is -0.477 e. The molecule has 18 heavy (non-hydrogen) atoms. The summed E-state index contributed by atoms with van der Waals surface area (Å²) < 4.78 is 7.82. The Hall–Kier alpha value is -1.65. The van der Waals surface area contributed by atoms with Crippen molar-refractivity contribution >= 4 is 11.7 Å². The molecule has 0 aromatic carbocycles. The van der Waals surface area contributed by atoms with Crippen molar-refractivity contribution in [1.29, 1.82) is 0 Å². The first kappa shape index (κ1) is 11.4. The SMILES string of the molecule is CN1CC2(CCCC2)Oc2c1cc(C(=O)O)n2C. The zero-order valence-electron chi connectivity index (χ0n) is 10.8. The number of nitrogens with zero attached hydrogens (tertiary/aromatic N) is 2. The number of anilines is 1. The molecule has 2 heterocycles. The number of fused-ring (bicyclic) bond motifs is 1. The number of carboxylic acids is 1. The second-order valence-corrected chi connectivity index (χ2v) is 5.43. The minimum atomic E-state index is -0.913. The van der Waals surface area contributed by atoms with E-state index in [2.05, 4.69) is 4.90 Å². The molecule has 0 amide bonds. The van der Waals surface area contributed by atoms with Crippen molar-refractivity contribution in [2.75, 3.05) is 18.5 Å². The van der Waals surface area contributed by atoms with E-state index in [1.807, 2.05) is 7.05 Å². The van der Waals surface area contributed by atoms with E-state index in [0.29, 0.717) is 5.88 Å². The Morgan fingerprint density at radius 2 is 2.06 bits per heavy atom.